The maximum Gasteiger partial charge on any atom is 0.130 e. The molecule has 0 atom stereocenters. The van der Waals surface area contributed by atoms with E-state index in [4.69, 9.17) is 4.74 Å². The van der Waals surface area contributed by atoms with Crippen molar-refractivity contribution in [2.45, 2.75) is 19.4 Å². The summed E-state index contributed by atoms with van der Waals surface area (Å²) >= 11 is 0. The van der Waals surface area contributed by atoms with Crippen LogP contribution in [-0.2, 0) is 24.1 Å². The molecule has 1 aromatic heterocycles. The monoisotopic (exact) mass is 193 g/mol. The highest BCUT2D eigenvalue weighted by Crippen LogP contribution is 2.10. The number of ether oxygens (including phenoxy) is 1. The zero-order chi connectivity index (χ0) is 9.80. The molecule has 4 nitrogen and oxygen atoms in total. The maximum atomic E-state index is 5.00. The van der Waals surface area contributed by atoms with E-state index in [9.17, 15) is 0 Å². The van der Waals surface area contributed by atoms with Gasteiger partial charge in [-0.2, -0.15) is 0 Å². The van der Waals surface area contributed by atoms with E-state index < -0.39 is 0 Å². The van der Waals surface area contributed by atoms with Crippen molar-refractivity contribution in [3.8, 4) is 0 Å². The third-order valence-electron chi connectivity index (χ3n) is 2.39. The molecule has 0 amide bonds. The van der Waals surface area contributed by atoms with Crippen LogP contribution in [0.5, 0.6) is 0 Å². The van der Waals surface area contributed by atoms with Crippen molar-refractivity contribution in [2.75, 3.05) is 20.3 Å². The number of methoxy groups -OCH3 is 1. The van der Waals surface area contributed by atoms with Crippen molar-refractivity contribution in [2.24, 2.45) is 0 Å². The number of hydrogen-bond acceptors (Lipinski definition) is 4. The lowest BCUT2D eigenvalue weighted by Crippen LogP contribution is -2.25. The van der Waals surface area contributed by atoms with Crippen LogP contribution < -0.4 is 5.32 Å². The van der Waals surface area contributed by atoms with Gasteiger partial charge in [-0.1, -0.05) is 0 Å². The predicted molar refractivity (Wildman–Crippen MR) is 53.0 cm³/mol. The van der Waals surface area contributed by atoms with E-state index in [0.29, 0.717) is 6.61 Å². The lowest BCUT2D eigenvalue weighted by atomic mass is 10.1. The topological polar surface area (TPSA) is 47.0 Å². The summed E-state index contributed by atoms with van der Waals surface area (Å²) in [6, 6.07) is 0. The quantitative estimate of drug-likeness (QED) is 0.750. The van der Waals surface area contributed by atoms with E-state index in [1.807, 2.05) is 6.20 Å². The smallest absolute Gasteiger partial charge is 0.130 e. The van der Waals surface area contributed by atoms with E-state index in [1.165, 1.54) is 11.3 Å². The maximum absolute atomic E-state index is 5.00. The van der Waals surface area contributed by atoms with Gasteiger partial charge in [0.2, 0.25) is 0 Å². The second kappa shape index (κ2) is 4.48. The summed E-state index contributed by atoms with van der Waals surface area (Å²) in [5, 5.41) is 3.30. The van der Waals surface area contributed by atoms with Gasteiger partial charge in [0.1, 0.15) is 5.82 Å². The molecule has 14 heavy (non-hydrogen) atoms. The van der Waals surface area contributed by atoms with E-state index in [-0.39, 0.29) is 0 Å². The van der Waals surface area contributed by atoms with Crippen LogP contribution in [0, 0.1) is 0 Å². The molecular formula is C10H15N3O. The Morgan fingerprint density at radius 1 is 1.57 bits per heavy atom. The van der Waals surface area contributed by atoms with Crippen LogP contribution in [0.3, 0.4) is 0 Å². The number of hydrogen-bond donors (Lipinski definition) is 1. The van der Waals surface area contributed by atoms with Gasteiger partial charge in [-0.3, -0.25) is 0 Å². The summed E-state index contributed by atoms with van der Waals surface area (Å²) < 4.78 is 5.00. The molecule has 1 aliphatic rings. The first-order valence-electron chi connectivity index (χ1n) is 4.93. The first-order chi connectivity index (χ1) is 6.90. The molecule has 0 unspecified atom stereocenters. The highest BCUT2D eigenvalue weighted by molar-refractivity contribution is 5.20. The Morgan fingerprint density at radius 2 is 2.50 bits per heavy atom. The Morgan fingerprint density at radius 3 is 3.36 bits per heavy atom. The Labute approximate surface area is 83.7 Å². The number of fused-ring (bicyclic) bond motifs is 1. The van der Waals surface area contributed by atoms with Crippen LogP contribution in [0.1, 0.15) is 17.1 Å². The number of nitrogens with zero attached hydrogens (tertiary/aromatic N) is 2. The first kappa shape index (κ1) is 9.55. The summed E-state index contributed by atoms with van der Waals surface area (Å²) in [5.41, 5.74) is 2.43. The average Bonchev–Trinajstić information content (AvgIpc) is 2.26. The summed E-state index contributed by atoms with van der Waals surface area (Å²) in [5.74, 6) is 0.896. The molecule has 0 radical (unpaired) electrons. The molecule has 0 saturated heterocycles. The second-order valence-electron chi connectivity index (χ2n) is 3.43. The number of nitrogens with one attached hydrogen (secondary N) is 1. The van der Waals surface area contributed by atoms with Gasteiger partial charge >= 0.3 is 0 Å². The molecule has 0 bridgehead atoms. The fourth-order valence-corrected chi connectivity index (χ4v) is 1.59. The van der Waals surface area contributed by atoms with Gasteiger partial charge in [0.05, 0.1) is 6.61 Å². The standard InChI is InChI=1S/C10H15N3O/c1-14-5-3-10-12-7-8-6-11-4-2-9(8)13-10/h7,11H,2-6H2,1H3. The molecule has 0 spiro atoms. The molecule has 0 aliphatic carbocycles. The van der Waals surface area contributed by atoms with E-state index in [1.54, 1.807) is 7.11 Å². The average molecular weight is 193 g/mol. The van der Waals surface area contributed by atoms with Crippen molar-refractivity contribution < 1.29 is 4.74 Å². The second-order valence-corrected chi connectivity index (χ2v) is 3.43. The Kier molecular flexibility index (Phi) is 3.06. The summed E-state index contributed by atoms with van der Waals surface area (Å²) in [6.07, 6.45) is 3.74. The fourth-order valence-electron chi connectivity index (χ4n) is 1.59. The van der Waals surface area contributed by atoms with Crippen molar-refractivity contribution in [3.63, 3.8) is 0 Å². The molecule has 0 fully saturated rings. The van der Waals surface area contributed by atoms with Crippen molar-refractivity contribution in [3.05, 3.63) is 23.3 Å². The highest BCUT2D eigenvalue weighted by atomic mass is 16.5. The Balaban J connectivity index is 2.12. The van der Waals surface area contributed by atoms with Crippen LogP contribution in [0.4, 0.5) is 0 Å². The largest absolute Gasteiger partial charge is 0.384 e. The molecular weight excluding hydrogens is 178 g/mol. The van der Waals surface area contributed by atoms with E-state index >= 15 is 0 Å². The number of rotatable bonds is 3. The zero-order valence-corrected chi connectivity index (χ0v) is 8.42. The SMILES string of the molecule is COCCc1ncc2c(n1)CCNC2. The van der Waals surface area contributed by atoms with Gasteiger partial charge < -0.3 is 10.1 Å². The van der Waals surface area contributed by atoms with Gasteiger partial charge in [-0.15, -0.1) is 0 Å². The molecule has 0 aromatic carbocycles. The van der Waals surface area contributed by atoms with Crippen LogP contribution in [0.15, 0.2) is 6.20 Å². The van der Waals surface area contributed by atoms with Crippen LogP contribution in [0.25, 0.3) is 0 Å². The number of aromatic nitrogens is 2. The lowest BCUT2D eigenvalue weighted by Gasteiger charge is -2.15. The fraction of sp³-hybridized carbons (Fsp3) is 0.600. The summed E-state index contributed by atoms with van der Waals surface area (Å²) in [4.78, 5) is 8.82. The molecule has 4 heteroatoms. The molecule has 0 saturated carbocycles. The minimum atomic E-state index is 0.692. The van der Waals surface area contributed by atoms with Crippen LogP contribution in [0.2, 0.25) is 0 Å². The highest BCUT2D eigenvalue weighted by Gasteiger charge is 2.10. The van der Waals surface area contributed by atoms with Crippen LogP contribution in [-0.4, -0.2) is 30.2 Å². The molecule has 2 rings (SSSR count). The summed E-state index contributed by atoms with van der Waals surface area (Å²) in [7, 11) is 1.70. The molecule has 1 aromatic rings. The summed E-state index contributed by atoms with van der Waals surface area (Å²) in [6.45, 7) is 2.62. The normalized spacial score (nSPS) is 15.2. The van der Waals surface area contributed by atoms with Crippen molar-refractivity contribution >= 4 is 0 Å². The molecule has 1 N–H and O–H groups in total. The first-order valence-corrected chi connectivity index (χ1v) is 4.93. The van der Waals surface area contributed by atoms with E-state index in [0.717, 1.165) is 31.8 Å². The Bertz CT molecular complexity index is 314. The van der Waals surface area contributed by atoms with Gasteiger partial charge in [0.25, 0.3) is 0 Å². The predicted octanol–water partition coefficient (Wildman–Crippen LogP) is 0.311. The lowest BCUT2D eigenvalue weighted by molar-refractivity contribution is 0.200. The van der Waals surface area contributed by atoms with Gasteiger partial charge in [0.15, 0.2) is 0 Å². The van der Waals surface area contributed by atoms with Gasteiger partial charge in [-0.25, -0.2) is 9.97 Å². The van der Waals surface area contributed by atoms with Crippen LogP contribution >= 0.6 is 0 Å². The zero-order valence-electron chi connectivity index (χ0n) is 8.42. The van der Waals surface area contributed by atoms with Crippen molar-refractivity contribution in [1.82, 2.24) is 15.3 Å². The Hall–Kier alpha value is -1.00. The minimum absolute atomic E-state index is 0.692. The minimum Gasteiger partial charge on any atom is -0.384 e. The third-order valence-corrected chi connectivity index (χ3v) is 2.39. The molecule has 1 aliphatic heterocycles. The third kappa shape index (κ3) is 2.08. The molecule has 76 valence electrons. The van der Waals surface area contributed by atoms with Gasteiger partial charge in [0, 0.05) is 50.5 Å². The van der Waals surface area contributed by atoms with Crippen molar-refractivity contribution in [1.29, 1.82) is 0 Å². The van der Waals surface area contributed by atoms with E-state index in [2.05, 4.69) is 15.3 Å². The van der Waals surface area contributed by atoms with Gasteiger partial charge in [-0.05, 0) is 0 Å². The molecule has 2 heterocycles.